The van der Waals surface area contributed by atoms with E-state index in [0.29, 0.717) is 4.88 Å². The standard InChI is InChI=1S/C19H16O3S/c1-14-10-11-18(23-14)19(20)21-13-15-6-5-9-17(12-15)22-16-7-3-2-4-8-16/h2-12H,13H2,1H3. The van der Waals surface area contributed by atoms with Crippen LogP contribution in [0.2, 0.25) is 0 Å². The molecule has 0 spiro atoms. The number of hydrogen-bond acceptors (Lipinski definition) is 4. The Hall–Kier alpha value is -2.59. The number of rotatable bonds is 5. The van der Waals surface area contributed by atoms with Gasteiger partial charge in [0.15, 0.2) is 0 Å². The highest BCUT2D eigenvalue weighted by atomic mass is 32.1. The lowest BCUT2D eigenvalue weighted by atomic mass is 10.2. The van der Waals surface area contributed by atoms with Gasteiger partial charge in [0.25, 0.3) is 0 Å². The molecule has 0 aliphatic carbocycles. The number of esters is 1. The molecule has 3 rings (SSSR count). The Morgan fingerprint density at radius 3 is 2.48 bits per heavy atom. The van der Waals surface area contributed by atoms with Crippen molar-refractivity contribution in [2.45, 2.75) is 13.5 Å². The minimum absolute atomic E-state index is 0.224. The van der Waals surface area contributed by atoms with Gasteiger partial charge in [0, 0.05) is 4.88 Å². The molecular formula is C19H16O3S. The molecule has 3 nitrogen and oxygen atoms in total. The molecule has 1 aromatic heterocycles. The van der Waals surface area contributed by atoms with Gasteiger partial charge in [0.1, 0.15) is 23.0 Å². The molecule has 0 atom stereocenters. The largest absolute Gasteiger partial charge is 0.457 e. The van der Waals surface area contributed by atoms with Crippen LogP contribution < -0.4 is 4.74 Å². The van der Waals surface area contributed by atoms with Gasteiger partial charge in [0.2, 0.25) is 0 Å². The van der Waals surface area contributed by atoms with Crippen molar-refractivity contribution in [1.29, 1.82) is 0 Å². The summed E-state index contributed by atoms with van der Waals surface area (Å²) in [6, 6.07) is 20.8. The maximum absolute atomic E-state index is 12.0. The number of carbonyl (C=O) groups excluding carboxylic acids is 1. The third kappa shape index (κ3) is 4.20. The molecule has 0 radical (unpaired) electrons. The van der Waals surface area contributed by atoms with Crippen LogP contribution in [-0.4, -0.2) is 5.97 Å². The van der Waals surface area contributed by atoms with Gasteiger partial charge in [-0.3, -0.25) is 0 Å². The van der Waals surface area contributed by atoms with Crippen LogP contribution in [0.15, 0.2) is 66.7 Å². The number of aryl methyl sites for hydroxylation is 1. The van der Waals surface area contributed by atoms with Crippen LogP contribution in [0, 0.1) is 6.92 Å². The Labute approximate surface area is 139 Å². The summed E-state index contributed by atoms with van der Waals surface area (Å²) in [5.74, 6) is 1.20. The highest BCUT2D eigenvalue weighted by Gasteiger charge is 2.10. The number of benzene rings is 2. The van der Waals surface area contributed by atoms with E-state index in [0.717, 1.165) is 21.9 Å². The highest BCUT2D eigenvalue weighted by molar-refractivity contribution is 7.13. The van der Waals surface area contributed by atoms with Crippen LogP contribution in [0.4, 0.5) is 0 Å². The molecule has 0 aliphatic heterocycles. The molecule has 4 heteroatoms. The van der Waals surface area contributed by atoms with Gasteiger partial charge in [-0.2, -0.15) is 0 Å². The lowest BCUT2D eigenvalue weighted by Gasteiger charge is -2.08. The van der Waals surface area contributed by atoms with Crippen molar-refractivity contribution in [2.75, 3.05) is 0 Å². The predicted molar refractivity (Wildman–Crippen MR) is 91.1 cm³/mol. The maximum atomic E-state index is 12.0. The third-order valence-electron chi connectivity index (χ3n) is 3.19. The molecule has 0 saturated carbocycles. The zero-order valence-electron chi connectivity index (χ0n) is 12.7. The zero-order valence-corrected chi connectivity index (χ0v) is 13.5. The van der Waals surface area contributed by atoms with Crippen molar-refractivity contribution in [3.05, 3.63) is 82.0 Å². The van der Waals surface area contributed by atoms with Crippen LogP contribution in [-0.2, 0) is 11.3 Å². The molecule has 23 heavy (non-hydrogen) atoms. The van der Waals surface area contributed by atoms with E-state index in [9.17, 15) is 4.79 Å². The summed E-state index contributed by atoms with van der Waals surface area (Å²) >= 11 is 1.44. The molecule has 0 bridgehead atoms. The molecule has 116 valence electrons. The van der Waals surface area contributed by atoms with Crippen LogP contribution in [0.5, 0.6) is 11.5 Å². The number of para-hydroxylation sites is 1. The summed E-state index contributed by atoms with van der Waals surface area (Å²) < 4.78 is 11.1. The van der Waals surface area contributed by atoms with Gasteiger partial charge in [-0.25, -0.2) is 4.79 Å². The summed E-state index contributed by atoms with van der Waals surface area (Å²) in [6.07, 6.45) is 0. The summed E-state index contributed by atoms with van der Waals surface area (Å²) in [4.78, 5) is 13.7. The maximum Gasteiger partial charge on any atom is 0.348 e. The summed E-state index contributed by atoms with van der Waals surface area (Å²) in [5, 5.41) is 0. The second-order valence-corrected chi connectivity index (χ2v) is 6.34. The van der Waals surface area contributed by atoms with E-state index in [-0.39, 0.29) is 12.6 Å². The topological polar surface area (TPSA) is 35.5 Å². The van der Waals surface area contributed by atoms with E-state index in [1.54, 1.807) is 6.07 Å². The van der Waals surface area contributed by atoms with Crippen molar-refractivity contribution in [3.63, 3.8) is 0 Å². The molecule has 3 aromatic rings. The van der Waals surface area contributed by atoms with Crippen LogP contribution in [0.25, 0.3) is 0 Å². The van der Waals surface area contributed by atoms with Gasteiger partial charge >= 0.3 is 5.97 Å². The smallest absolute Gasteiger partial charge is 0.348 e. The second-order valence-electron chi connectivity index (χ2n) is 5.05. The van der Waals surface area contributed by atoms with Crippen molar-refractivity contribution in [3.8, 4) is 11.5 Å². The van der Waals surface area contributed by atoms with E-state index < -0.39 is 0 Å². The zero-order chi connectivity index (χ0) is 16.1. The van der Waals surface area contributed by atoms with Gasteiger partial charge in [0.05, 0.1) is 0 Å². The Morgan fingerprint density at radius 2 is 1.74 bits per heavy atom. The fraction of sp³-hybridized carbons (Fsp3) is 0.105. The SMILES string of the molecule is Cc1ccc(C(=O)OCc2cccc(Oc3ccccc3)c2)s1. The van der Waals surface area contributed by atoms with Crippen LogP contribution in [0.1, 0.15) is 20.1 Å². The Morgan fingerprint density at radius 1 is 0.957 bits per heavy atom. The molecular weight excluding hydrogens is 308 g/mol. The second kappa shape index (κ2) is 7.11. The molecule has 0 aliphatic rings. The van der Waals surface area contributed by atoms with Crippen molar-refractivity contribution in [2.24, 2.45) is 0 Å². The first-order chi connectivity index (χ1) is 11.2. The van der Waals surface area contributed by atoms with Gasteiger partial charge < -0.3 is 9.47 Å². The lowest BCUT2D eigenvalue weighted by molar-refractivity contribution is 0.0478. The van der Waals surface area contributed by atoms with E-state index in [2.05, 4.69) is 0 Å². The van der Waals surface area contributed by atoms with Crippen molar-refractivity contribution >= 4 is 17.3 Å². The summed E-state index contributed by atoms with van der Waals surface area (Å²) in [7, 11) is 0. The molecule has 0 amide bonds. The quantitative estimate of drug-likeness (QED) is 0.605. The van der Waals surface area contributed by atoms with Gasteiger partial charge in [-0.1, -0.05) is 30.3 Å². The van der Waals surface area contributed by atoms with Gasteiger partial charge in [-0.05, 0) is 48.9 Å². The Kier molecular flexibility index (Phi) is 4.74. The highest BCUT2D eigenvalue weighted by Crippen LogP contribution is 2.22. The van der Waals surface area contributed by atoms with Crippen LogP contribution >= 0.6 is 11.3 Å². The van der Waals surface area contributed by atoms with Gasteiger partial charge in [-0.15, -0.1) is 11.3 Å². The number of carbonyl (C=O) groups is 1. The average molecular weight is 324 g/mol. The van der Waals surface area contributed by atoms with Crippen LogP contribution in [0.3, 0.4) is 0 Å². The fourth-order valence-corrected chi connectivity index (χ4v) is 2.85. The van der Waals surface area contributed by atoms with E-state index in [4.69, 9.17) is 9.47 Å². The minimum atomic E-state index is -0.294. The van der Waals surface area contributed by atoms with E-state index >= 15 is 0 Å². The number of thiophene rings is 1. The minimum Gasteiger partial charge on any atom is -0.457 e. The van der Waals surface area contributed by atoms with E-state index in [1.165, 1.54) is 11.3 Å². The first-order valence-corrected chi connectivity index (χ1v) is 8.08. The summed E-state index contributed by atoms with van der Waals surface area (Å²) in [6.45, 7) is 2.19. The number of ether oxygens (including phenoxy) is 2. The third-order valence-corrected chi connectivity index (χ3v) is 4.17. The average Bonchev–Trinajstić information content (AvgIpc) is 3.01. The molecule has 0 saturated heterocycles. The first-order valence-electron chi connectivity index (χ1n) is 7.26. The first kappa shape index (κ1) is 15.3. The molecule has 0 fully saturated rings. The fourth-order valence-electron chi connectivity index (χ4n) is 2.09. The monoisotopic (exact) mass is 324 g/mol. The lowest BCUT2D eigenvalue weighted by Crippen LogP contribution is -2.03. The van der Waals surface area contributed by atoms with E-state index in [1.807, 2.05) is 67.6 Å². The normalized spacial score (nSPS) is 10.3. The summed E-state index contributed by atoms with van der Waals surface area (Å²) in [5.41, 5.74) is 0.889. The molecule has 1 heterocycles. The number of hydrogen-bond donors (Lipinski definition) is 0. The van der Waals surface area contributed by atoms with Crippen molar-refractivity contribution < 1.29 is 14.3 Å². The molecule has 0 unspecified atom stereocenters. The molecule has 2 aromatic carbocycles. The Balaban J connectivity index is 1.62. The van der Waals surface area contributed by atoms with Crippen molar-refractivity contribution in [1.82, 2.24) is 0 Å². The predicted octanol–water partition coefficient (Wildman–Crippen LogP) is 5.21. The Bertz CT molecular complexity index is 793. The molecule has 0 N–H and O–H groups in total.